The summed E-state index contributed by atoms with van der Waals surface area (Å²) in [4.78, 5) is 31.6. The first-order valence-electron chi connectivity index (χ1n) is 11.3. The minimum atomic E-state index is -0.488. The zero-order valence-corrected chi connectivity index (χ0v) is 18.8. The zero-order valence-electron chi connectivity index (χ0n) is 18.1. The molecule has 0 bridgehead atoms. The molecule has 0 aromatic heterocycles. The Kier molecular flexibility index (Phi) is 7.55. The number of benzene rings is 1. The van der Waals surface area contributed by atoms with Crippen LogP contribution in [0.3, 0.4) is 0 Å². The third-order valence-corrected chi connectivity index (χ3v) is 6.02. The molecule has 2 heterocycles. The van der Waals surface area contributed by atoms with Gasteiger partial charge >= 0.3 is 5.91 Å². The summed E-state index contributed by atoms with van der Waals surface area (Å²) < 4.78 is 5.82. The quantitative estimate of drug-likeness (QED) is 0.523. The Bertz CT molecular complexity index is 988. The number of likely N-dealkylation sites (tertiary alicyclic amines) is 1. The van der Waals surface area contributed by atoms with Crippen LogP contribution in [0, 0.1) is 0 Å². The van der Waals surface area contributed by atoms with Gasteiger partial charge in [0.25, 0.3) is 5.91 Å². The van der Waals surface area contributed by atoms with Gasteiger partial charge in [0.05, 0.1) is 5.71 Å². The van der Waals surface area contributed by atoms with E-state index >= 15 is 0 Å². The maximum atomic E-state index is 12.5. The van der Waals surface area contributed by atoms with E-state index in [-0.39, 0.29) is 11.7 Å². The average Bonchev–Trinajstić information content (AvgIpc) is 3.06. The lowest BCUT2D eigenvalue weighted by atomic mass is 10.0. The lowest BCUT2D eigenvalue weighted by Gasteiger charge is -2.24. The number of halogens is 1. The zero-order chi connectivity index (χ0) is 22.3. The van der Waals surface area contributed by atoms with Crippen molar-refractivity contribution in [3.63, 3.8) is 0 Å². The molecule has 1 aliphatic carbocycles. The summed E-state index contributed by atoms with van der Waals surface area (Å²) >= 11 is 6.01. The molecular weight excluding hydrogens is 426 g/mol. The van der Waals surface area contributed by atoms with Crippen molar-refractivity contribution in [3.8, 4) is 0 Å². The first kappa shape index (κ1) is 22.5. The third kappa shape index (κ3) is 5.96. The van der Waals surface area contributed by atoms with Crippen molar-refractivity contribution >= 4 is 35.2 Å². The molecule has 1 N–H and O–H groups in total. The van der Waals surface area contributed by atoms with Gasteiger partial charge < -0.3 is 15.0 Å². The van der Waals surface area contributed by atoms with E-state index < -0.39 is 12.0 Å². The van der Waals surface area contributed by atoms with Crippen LogP contribution in [0.1, 0.15) is 37.7 Å². The Morgan fingerprint density at radius 1 is 1.25 bits per heavy atom. The second-order valence-electron chi connectivity index (χ2n) is 8.27. The fourth-order valence-electron chi connectivity index (χ4n) is 4.09. The predicted molar refractivity (Wildman–Crippen MR) is 127 cm³/mol. The van der Waals surface area contributed by atoms with Crippen LogP contribution < -0.4 is 5.32 Å². The highest BCUT2D eigenvalue weighted by Gasteiger charge is 2.29. The number of hydrogen-bond donors (Lipinski definition) is 1. The number of carbonyl (C=O) groups is 2. The number of amides is 2. The maximum Gasteiger partial charge on any atom is 0.312 e. The molecule has 3 aliphatic rings. The van der Waals surface area contributed by atoms with Gasteiger partial charge in [-0.1, -0.05) is 36.6 Å². The molecule has 0 saturated carbocycles. The number of ether oxygens (including phenoxy) is 1. The molecule has 7 heteroatoms. The van der Waals surface area contributed by atoms with E-state index in [0.717, 1.165) is 31.6 Å². The number of fused-ring (bicyclic) bond motifs is 1. The van der Waals surface area contributed by atoms with E-state index in [1.807, 2.05) is 6.07 Å². The first-order chi connectivity index (χ1) is 15.6. The van der Waals surface area contributed by atoms with E-state index in [4.69, 9.17) is 16.3 Å². The van der Waals surface area contributed by atoms with Gasteiger partial charge in [0.1, 0.15) is 0 Å². The number of rotatable bonds is 6. The number of hydrogen-bond acceptors (Lipinski definition) is 4. The summed E-state index contributed by atoms with van der Waals surface area (Å²) in [6.45, 7) is 3.95. The summed E-state index contributed by atoms with van der Waals surface area (Å²) in [5.41, 5.74) is 1.68. The van der Waals surface area contributed by atoms with Crippen LogP contribution in [0.5, 0.6) is 0 Å². The molecule has 1 fully saturated rings. The topological polar surface area (TPSA) is 71.0 Å². The monoisotopic (exact) mass is 453 g/mol. The molecule has 6 nitrogen and oxygen atoms in total. The Morgan fingerprint density at radius 2 is 2.06 bits per heavy atom. The number of nitrogens with zero attached hydrogens (tertiary/aromatic N) is 2. The third-order valence-electron chi connectivity index (χ3n) is 5.78. The number of carbonyl (C=O) groups excluding carboxylic acids is 2. The molecule has 2 aliphatic heterocycles. The minimum absolute atomic E-state index is 0.153. The van der Waals surface area contributed by atoms with Crippen LogP contribution in [0.4, 0.5) is 0 Å². The summed E-state index contributed by atoms with van der Waals surface area (Å²) in [7, 11) is 0. The molecule has 1 saturated heterocycles. The fourth-order valence-corrected chi connectivity index (χ4v) is 4.28. The highest BCUT2D eigenvalue weighted by atomic mass is 35.5. The molecule has 1 aromatic rings. The summed E-state index contributed by atoms with van der Waals surface area (Å²) in [5.74, 6) is -0.480. The van der Waals surface area contributed by atoms with Crippen molar-refractivity contribution in [2.45, 2.75) is 38.2 Å². The Balaban J connectivity index is 1.32. The first-order valence-corrected chi connectivity index (χ1v) is 11.6. The lowest BCUT2D eigenvalue weighted by Crippen LogP contribution is -2.34. The van der Waals surface area contributed by atoms with Crippen LogP contribution in [-0.2, 0) is 14.3 Å². The van der Waals surface area contributed by atoms with Crippen LogP contribution in [0.2, 0.25) is 5.02 Å². The van der Waals surface area contributed by atoms with E-state index in [2.05, 4.69) is 15.2 Å². The van der Waals surface area contributed by atoms with E-state index in [1.54, 1.807) is 42.5 Å². The Morgan fingerprint density at radius 3 is 2.84 bits per heavy atom. The molecule has 1 atom stereocenters. The van der Waals surface area contributed by atoms with Gasteiger partial charge in [0.15, 0.2) is 11.9 Å². The van der Waals surface area contributed by atoms with Crippen molar-refractivity contribution in [1.29, 1.82) is 0 Å². The fraction of sp³-hybridized carbons (Fsp3) is 0.400. The van der Waals surface area contributed by atoms with Gasteiger partial charge in [-0.15, -0.1) is 0 Å². The largest absolute Gasteiger partial charge is 0.474 e. The molecule has 1 aromatic carbocycles. The predicted octanol–water partition coefficient (Wildman–Crippen LogP) is 3.93. The van der Waals surface area contributed by atoms with Gasteiger partial charge in [0, 0.05) is 17.1 Å². The highest BCUT2D eigenvalue weighted by Crippen LogP contribution is 2.23. The van der Waals surface area contributed by atoms with Crippen molar-refractivity contribution in [1.82, 2.24) is 10.2 Å². The lowest BCUT2D eigenvalue weighted by molar-refractivity contribution is -0.119. The van der Waals surface area contributed by atoms with E-state index in [9.17, 15) is 9.59 Å². The molecule has 2 amide bonds. The maximum absolute atomic E-state index is 12.5. The molecule has 32 heavy (non-hydrogen) atoms. The van der Waals surface area contributed by atoms with Gasteiger partial charge in [-0.3, -0.25) is 9.59 Å². The summed E-state index contributed by atoms with van der Waals surface area (Å²) in [6.07, 6.45) is 12.3. The average molecular weight is 454 g/mol. The number of aliphatic imine (C=N–C) groups is 1. The van der Waals surface area contributed by atoms with Crippen molar-refractivity contribution < 1.29 is 14.3 Å². The second-order valence-corrected chi connectivity index (χ2v) is 8.70. The van der Waals surface area contributed by atoms with Crippen LogP contribution in [0.15, 0.2) is 58.8 Å². The van der Waals surface area contributed by atoms with Crippen molar-refractivity contribution in [2.24, 2.45) is 4.99 Å². The Labute approximate surface area is 193 Å². The van der Waals surface area contributed by atoms with Crippen LogP contribution >= 0.6 is 11.6 Å². The minimum Gasteiger partial charge on any atom is -0.474 e. The Hall–Kier alpha value is -2.70. The van der Waals surface area contributed by atoms with Crippen molar-refractivity contribution in [2.75, 3.05) is 26.2 Å². The second kappa shape index (κ2) is 10.7. The molecule has 168 valence electrons. The summed E-state index contributed by atoms with van der Waals surface area (Å²) in [6, 6.07) is 7.15. The van der Waals surface area contributed by atoms with Crippen molar-refractivity contribution in [3.05, 3.63) is 64.4 Å². The molecule has 1 unspecified atom stereocenters. The van der Waals surface area contributed by atoms with Gasteiger partial charge in [-0.2, -0.15) is 0 Å². The van der Waals surface area contributed by atoms with E-state index in [0.29, 0.717) is 22.9 Å². The molecule has 0 radical (unpaired) electrons. The van der Waals surface area contributed by atoms with Crippen LogP contribution in [0.25, 0.3) is 6.08 Å². The molecule has 4 rings (SSSR count). The summed E-state index contributed by atoms with van der Waals surface area (Å²) in [5, 5.41) is 3.55. The molecular formula is C25H28ClN3O3. The van der Waals surface area contributed by atoms with Crippen LogP contribution in [-0.4, -0.2) is 54.7 Å². The van der Waals surface area contributed by atoms with Gasteiger partial charge in [0.2, 0.25) is 0 Å². The van der Waals surface area contributed by atoms with E-state index in [1.165, 1.54) is 25.7 Å². The standard InChI is InChI=1S/C25H28ClN3O3/c26-20-8-5-7-18(15-20)16-23-25(31)28-21-17-19(9-10-22(21)32-23)24(30)27-11-6-14-29-12-3-1-2-4-13-29/h5,7-10,15-17,22H,1-4,6,11-14H2,(H,27,30)/b23-16+. The normalized spacial score (nSPS) is 22.5. The van der Waals surface area contributed by atoms with Gasteiger partial charge in [-0.05, 0) is 80.9 Å². The highest BCUT2D eigenvalue weighted by molar-refractivity contribution is 6.30. The number of nitrogens with one attached hydrogen (secondary N) is 1. The molecule has 0 spiro atoms. The SMILES string of the molecule is O=C(NCCCN1CCCCCC1)C1=CC2=NC(=O)/C(=C\c3cccc(Cl)c3)OC2C=C1. The van der Waals surface area contributed by atoms with Gasteiger partial charge in [-0.25, -0.2) is 4.99 Å². The smallest absolute Gasteiger partial charge is 0.312 e.